The number of nitrogens with one attached hydrogen (secondary N) is 2. The summed E-state index contributed by atoms with van der Waals surface area (Å²) in [7, 11) is 0. The number of ether oxygens (including phenoxy) is 4. The van der Waals surface area contributed by atoms with Crippen molar-refractivity contribution in [3.63, 3.8) is 0 Å². The summed E-state index contributed by atoms with van der Waals surface area (Å²) in [6.07, 6.45) is -0.691. The van der Waals surface area contributed by atoms with Crippen molar-refractivity contribution in [1.29, 1.82) is 0 Å². The zero-order chi connectivity index (χ0) is 72.0. The molecule has 0 bridgehead atoms. The zero-order valence-electron chi connectivity index (χ0n) is 56.5. The third-order valence-corrected chi connectivity index (χ3v) is 12.4. The number of alkyl halides is 1. The Balaban J connectivity index is 0.000000298. The highest BCUT2D eigenvalue weighted by Crippen LogP contribution is 2.14. The minimum absolute atomic E-state index is 0.0339. The Morgan fingerprint density at radius 1 is 0.505 bits per heavy atom. The number of hydrazone groups is 2. The Morgan fingerprint density at radius 3 is 1.25 bits per heavy atom. The van der Waals surface area contributed by atoms with Crippen LogP contribution in [0, 0.1) is 48.5 Å². The first-order chi connectivity index (χ1) is 46.2. The fraction of sp³-hybridized carbons (Fsp3) is 0.299. The molecule has 0 fully saturated rings. The Morgan fingerprint density at radius 2 is 0.876 bits per heavy atom. The maximum atomic E-state index is 11.4. The Kier molecular flexibility index (Phi) is 35.7. The zero-order valence-corrected chi connectivity index (χ0v) is 58.0. The van der Waals surface area contributed by atoms with Crippen LogP contribution in [0.25, 0.3) is 17.1 Å². The predicted octanol–water partition coefficient (Wildman–Crippen LogP) is 10.2. The molecule has 0 saturated heterocycles. The molecule has 9 aromatic rings. The number of aliphatic hydroxyl groups is 1. The number of rotatable bonds is 17. The number of carbonyl (C=O) groups is 6. The lowest BCUT2D eigenvalue weighted by Gasteiger charge is -2.03. The van der Waals surface area contributed by atoms with E-state index in [2.05, 4.69) is 120 Å². The number of hydrogen-bond donors (Lipinski definition) is 4. The molecule has 30 heteroatoms. The molecule has 9 rings (SSSR count). The second kappa shape index (κ2) is 43.1. The number of carbonyl (C=O) groups excluding carboxylic acids is 6. The summed E-state index contributed by atoms with van der Waals surface area (Å²) in [6, 6.07) is 46.6. The van der Waals surface area contributed by atoms with E-state index in [0.29, 0.717) is 5.82 Å². The van der Waals surface area contributed by atoms with Crippen LogP contribution in [0.15, 0.2) is 156 Å². The van der Waals surface area contributed by atoms with Crippen LogP contribution in [-0.4, -0.2) is 144 Å². The number of aryl methyl sites for hydroxylation is 7. The van der Waals surface area contributed by atoms with E-state index in [1.165, 1.54) is 39.4 Å². The van der Waals surface area contributed by atoms with Gasteiger partial charge in [-0.25, -0.2) is 19.2 Å². The molecule has 0 saturated carbocycles. The number of Topliss-reactive ketones (excluding diaryl/α,β-unsaturated/α-hetero) is 2. The number of halogens is 2. The molecule has 3 aromatic heterocycles. The molecular weight excluding hydrogens is 1290 g/mol. The molecule has 2 atom stereocenters. The van der Waals surface area contributed by atoms with Crippen molar-refractivity contribution in [2.45, 2.75) is 108 Å². The van der Waals surface area contributed by atoms with E-state index >= 15 is 0 Å². The number of ketones is 2. The molecule has 514 valence electrons. The van der Waals surface area contributed by atoms with Crippen molar-refractivity contribution in [1.82, 2.24) is 60.6 Å². The van der Waals surface area contributed by atoms with Gasteiger partial charge in [0.25, 0.3) is 5.82 Å². The van der Waals surface area contributed by atoms with E-state index in [1.54, 1.807) is 34.6 Å². The SMILES string of the molecule is CC(=O)c1nnn(-c2cccc(C)c2)n1.CCOC(=O)/C(Cl)=N/Nc1cccc(C)c1.CCOC(=O)/C(N)=N/Nc1cccc(C)c1.CCOC(=O)C(Cl)C(C)=O.CCOC(=O)c1nnn(-c2cccc(C)c2)n1.Cc1cccc(-n2nnc([C@@H](C)O)n2)c1.Cc1cccc(C)c1. The van der Waals surface area contributed by atoms with E-state index in [0.717, 1.165) is 56.3 Å². The first-order valence-electron chi connectivity index (χ1n) is 30.1. The number of hydrogen-bond acceptors (Lipinski definition) is 24. The molecule has 97 heavy (non-hydrogen) atoms. The molecule has 3 heterocycles. The number of esters is 4. The lowest BCUT2D eigenvalue weighted by molar-refractivity contribution is -0.144. The molecule has 0 spiro atoms. The van der Waals surface area contributed by atoms with Crippen molar-refractivity contribution in [2.75, 3.05) is 37.3 Å². The van der Waals surface area contributed by atoms with Crippen LogP contribution in [0.2, 0.25) is 0 Å². The molecular formula is C67H81Cl2N17O11. The molecule has 0 aliphatic heterocycles. The number of aromatic nitrogens is 12. The van der Waals surface area contributed by atoms with Gasteiger partial charge in [-0.1, -0.05) is 108 Å². The Labute approximate surface area is 572 Å². The van der Waals surface area contributed by atoms with Gasteiger partial charge in [0.1, 0.15) is 6.10 Å². The van der Waals surface area contributed by atoms with Gasteiger partial charge in [0.2, 0.25) is 28.4 Å². The first kappa shape index (κ1) is 80.3. The summed E-state index contributed by atoms with van der Waals surface area (Å²) in [6.45, 7) is 26.2. The summed E-state index contributed by atoms with van der Waals surface area (Å²) in [4.78, 5) is 69.7. The first-order valence-corrected chi connectivity index (χ1v) is 30.9. The van der Waals surface area contributed by atoms with Crippen LogP contribution < -0.4 is 16.6 Å². The normalized spacial score (nSPS) is 11.0. The highest BCUT2D eigenvalue weighted by molar-refractivity contribution is 6.82. The number of amidine groups is 1. The molecule has 0 radical (unpaired) electrons. The summed E-state index contributed by atoms with van der Waals surface area (Å²) in [5.41, 5.74) is 22.9. The van der Waals surface area contributed by atoms with Crippen molar-refractivity contribution in [3.05, 3.63) is 202 Å². The van der Waals surface area contributed by atoms with Crippen molar-refractivity contribution >= 4 is 81.0 Å². The van der Waals surface area contributed by atoms with Crippen LogP contribution in [0.1, 0.15) is 121 Å². The molecule has 6 aromatic carbocycles. The Bertz CT molecular complexity index is 3950. The van der Waals surface area contributed by atoms with E-state index in [-0.39, 0.29) is 60.6 Å². The van der Waals surface area contributed by atoms with Gasteiger partial charge in [0.05, 0.1) is 54.9 Å². The molecule has 5 N–H and O–H groups in total. The largest absolute Gasteiger partial charge is 0.465 e. The minimum atomic E-state index is -1.14. The average Bonchev–Trinajstić information content (AvgIpc) is 1.81. The fourth-order valence-electron chi connectivity index (χ4n) is 7.17. The maximum absolute atomic E-state index is 11.4. The fourth-order valence-corrected chi connectivity index (χ4v) is 7.33. The van der Waals surface area contributed by atoms with Gasteiger partial charge in [-0.05, 0) is 194 Å². The topological polar surface area (TPSA) is 365 Å². The number of aliphatic hydroxyl groups excluding tert-OH is 1. The maximum Gasteiger partial charge on any atom is 0.380 e. The molecule has 1 unspecified atom stereocenters. The monoisotopic (exact) mass is 1370 g/mol. The molecule has 0 aliphatic carbocycles. The summed E-state index contributed by atoms with van der Waals surface area (Å²) in [5, 5.41) is 49.9. The highest BCUT2D eigenvalue weighted by Gasteiger charge is 2.21. The van der Waals surface area contributed by atoms with Gasteiger partial charge in [-0.15, -0.1) is 61.7 Å². The van der Waals surface area contributed by atoms with Crippen LogP contribution in [0.3, 0.4) is 0 Å². The highest BCUT2D eigenvalue weighted by atomic mass is 35.5. The third kappa shape index (κ3) is 30.8. The number of nitrogens with zero attached hydrogens (tertiary/aromatic N) is 14. The minimum Gasteiger partial charge on any atom is -0.465 e. The summed E-state index contributed by atoms with van der Waals surface area (Å²) in [5.74, 6) is -2.83. The number of benzene rings is 6. The average molecular weight is 1370 g/mol. The lowest BCUT2D eigenvalue weighted by Crippen LogP contribution is -2.27. The summed E-state index contributed by atoms with van der Waals surface area (Å²) >= 11 is 10.9. The smallest absolute Gasteiger partial charge is 0.380 e. The van der Waals surface area contributed by atoms with Crippen LogP contribution in [-0.2, 0) is 38.1 Å². The Hall–Kier alpha value is -11.0. The van der Waals surface area contributed by atoms with Crippen molar-refractivity contribution in [3.8, 4) is 17.1 Å². The van der Waals surface area contributed by atoms with E-state index in [4.69, 9.17) is 33.7 Å². The lowest BCUT2D eigenvalue weighted by atomic mass is 10.2. The van der Waals surface area contributed by atoms with Gasteiger partial charge in [-0.3, -0.25) is 20.4 Å². The predicted molar refractivity (Wildman–Crippen MR) is 369 cm³/mol. The van der Waals surface area contributed by atoms with E-state index in [1.807, 2.05) is 156 Å². The number of anilines is 2. The van der Waals surface area contributed by atoms with E-state index < -0.39 is 35.4 Å². The van der Waals surface area contributed by atoms with Crippen molar-refractivity contribution < 1.29 is 52.8 Å². The number of tetrazole rings is 3. The number of nitrogens with two attached hydrogens (primary N) is 1. The van der Waals surface area contributed by atoms with Gasteiger partial charge in [-0.2, -0.15) is 5.10 Å². The molecule has 0 aliphatic rings. The van der Waals surface area contributed by atoms with Gasteiger partial charge < -0.3 is 29.8 Å². The van der Waals surface area contributed by atoms with Crippen LogP contribution >= 0.6 is 23.2 Å². The summed E-state index contributed by atoms with van der Waals surface area (Å²) < 4.78 is 18.6. The molecule has 28 nitrogen and oxygen atoms in total. The van der Waals surface area contributed by atoms with E-state index in [9.17, 15) is 33.9 Å². The van der Waals surface area contributed by atoms with Crippen LogP contribution in [0.4, 0.5) is 11.4 Å². The second-order valence-electron chi connectivity index (χ2n) is 20.4. The van der Waals surface area contributed by atoms with Gasteiger partial charge in [0, 0.05) is 6.92 Å². The van der Waals surface area contributed by atoms with Crippen LogP contribution in [0.5, 0.6) is 0 Å². The molecule has 0 amide bonds. The van der Waals surface area contributed by atoms with Gasteiger partial charge >= 0.3 is 23.9 Å². The van der Waals surface area contributed by atoms with Crippen molar-refractivity contribution in [2.24, 2.45) is 15.9 Å². The second-order valence-corrected chi connectivity index (χ2v) is 21.2. The standard InChI is InChI=1S/C11H13ClN2O2.C11H12N4O2.C11H15N3O2.C10H12N4O.C10H10N4O.C8H10.C6H9ClO3/c1-3-16-11(15)10(12)14-13-9-6-4-5-8(2)7-9;1-3-17-11(16)10-12-14-15(13-10)9-6-4-5-8(2)7-9;1-3-16-11(15)10(12)14-13-9-6-4-5-8(2)7-9;2*1-7-4-3-5-9(6-7)14-12-10(8(2)15)11-13-14;1-7-4-3-5-8(2)6-7;1-3-10-6(9)5(7)4(2)8/h4-7,13H,3H2,1-2H3;4-7H,3H2,1-2H3;4-7,13H,3H2,1-2H3,(H2,12,14);3-6,8,15H,1-2H3;3-6H,1-2H3;3-6H,1-2H3;5H,3H2,1-2H3/b14-10-;;;;;;/t;;;8-;;;/m...1.../s1. The third-order valence-electron chi connectivity index (χ3n) is 11.7. The quantitative estimate of drug-likeness (QED) is 0.00962. The van der Waals surface area contributed by atoms with Gasteiger partial charge in [0.15, 0.2) is 11.2 Å².